The van der Waals surface area contributed by atoms with E-state index in [4.69, 9.17) is 10.8 Å². The average molecular weight is 259 g/mol. The van der Waals surface area contributed by atoms with Gasteiger partial charge in [0.2, 0.25) is 0 Å². The minimum atomic E-state index is -3.65. The highest BCUT2D eigenvalue weighted by Gasteiger charge is 2.15. The summed E-state index contributed by atoms with van der Waals surface area (Å²) in [7, 11) is -0.921. The first-order valence-electron chi connectivity index (χ1n) is 4.57. The lowest BCUT2D eigenvalue weighted by atomic mass is 10.2. The molecule has 0 aliphatic carbocycles. The second-order valence-corrected chi connectivity index (χ2v) is 5.38. The molecule has 0 saturated carbocycles. The summed E-state index contributed by atoms with van der Waals surface area (Å²) in [5.41, 5.74) is 5.75. The van der Waals surface area contributed by atoms with Crippen molar-refractivity contribution in [3.63, 3.8) is 0 Å². The molecule has 0 aromatic heterocycles. The Morgan fingerprint density at radius 2 is 2.00 bits per heavy atom. The highest BCUT2D eigenvalue weighted by atomic mass is 32.2. The lowest BCUT2D eigenvalue weighted by Crippen LogP contribution is -2.29. The minimum Gasteiger partial charge on any atom is -0.478 e. The van der Waals surface area contributed by atoms with E-state index in [1.807, 2.05) is 0 Å². The number of carboxylic acid groups (broad SMARTS) is 1. The van der Waals surface area contributed by atoms with Crippen molar-refractivity contribution < 1.29 is 18.3 Å². The van der Waals surface area contributed by atoms with Crippen molar-refractivity contribution >= 4 is 27.6 Å². The van der Waals surface area contributed by atoms with Crippen molar-refractivity contribution in [3.05, 3.63) is 23.8 Å². The summed E-state index contributed by atoms with van der Waals surface area (Å²) in [6.45, 7) is 0. The molecule has 0 heterocycles. The van der Waals surface area contributed by atoms with Gasteiger partial charge in [-0.2, -0.15) is 12.7 Å². The first kappa shape index (κ1) is 13.3. The molecular weight excluding hydrogens is 246 g/mol. The molecule has 0 bridgehead atoms. The van der Waals surface area contributed by atoms with Gasteiger partial charge in [0.25, 0.3) is 0 Å². The van der Waals surface area contributed by atoms with Crippen molar-refractivity contribution in [1.29, 1.82) is 0 Å². The zero-order valence-corrected chi connectivity index (χ0v) is 10.2. The summed E-state index contributed by atoms with van der Waals surface area (Å²) in [5.74, 6) is -1.13. The molecule has 94 valence electrons. The second-order valence-electron chi connectivity index (χ2n) is 3.50. The van der Waals surface area contributed by atoms with Gasteiger partial charge < -0.3 is 10.8 Å². The number of nitrogens with one attached hydrogen (secondary N) is 1. The number of hydrogen-bond donors (Lipinski definition) is 3. The van der Waals surface area contributed by atoms with Crippen LogP contribution in [0.2, 0.25) is 0 Å². The number of nitrogens with two attached hydrogens (primary N) is 1. The molecule has 0 aliphatic rings. The zero-order chi connectivity index (χ0) is 13.2. The largest absolute Gasteiger partial charge is 0.478 e. The fourth-order valence-corrected chi connectivity index (χ4v) is 1.67. The van der Waals surface area contributed by atoms with Gasteiger partial charge in [0.1, 0.15) is 0 Å². The third-order valence-corrected chi connectivity index (χ3v) is 3.46. The van der Waals surface area contributed by atoms with Crippen molar-refractivity contribution in [1.82, 2.24) is 4.31 Å². The maximum atomic E-state index is 11.5. The van der Waals surface area contributed by atoms with Crippen LogP contribution >= 0.6 is 0 Å². The number of nitrogen functional groups attached to an aromatic ring is 1. The van der Waals surface area contributed by atoms with E-state index in [1.165, 1.54) is 32.3 Å². The van der Waals surface area contributed by atoms with E-state index in [0.29, 0.717) is 0 Å². The van der Waals surface area contributed by atoms with Crippen LogP contribution in [0.4, 0.5) is 11.4 Å². The molecule has 4 N–H and O–H groups in total. The van der Waals surface area contributed by atoms with Crippen LogP contribution in [-0.2, 0) is 10.2 Å². The number of aromatic carboxylic acids is 1. The molecule has 0 saturated heterocycles. The fourth-order valence-electron chi connectivity index (χ4n) is 1.02. The van der Waals surface area contributed by atoms with E-state index < -0.39 is 16.2 Å². The van der Waals surface area contributed by atoms with Gasteiger partial charge in [-0.15, -0.1) is 0 Å². The normalized spacial score (nSPS) is 11.5. The number of rotatable bonds is 4. The number of nitrogens with zero attached hydrogens (tertiary/aromatic N) is 1. The van der Waals surface area contributed by atoms with Crippen LogP contribution in [0.25, 0.3) is 0 Å². The molecule has 1 aromatic rings. The Labute approximate surface area is 99.0 Å². The lowest BCUT2D eigenvalue weighted by Gasteiger charge is -2.14. The second kappa shape index (κ2) is 4.60. The molecular formula is C9H13N3O4S. The summed E-state index contributed by atoms with van der Waals surface area (Å²) in [4.78, 5) is 10.7. The molecule has 0 radical (unpaired) electrons. The van der Waals surface area contributed by atoms with Crippen LogP contribution in [0.1, 0.15) is 10.4 Å². The Balaban J connectivity index is 3.06. The van der Waals surface area contributed by atoms with Gasteiger partial charge in [-0.1, -0.05) is 0 Å². The van der Waals surface area contributed by atoms with E-state index in [9.17, 15) is 13.2 Å². The molecule has 8 heteroatoms. The van der Waals surface area contributed by atoms with Crippen molar-refractivity contribution in [3.8, 4) is 0 Å². The molecule has 7 nitrogen and oxygen atoms in total. The zero-order valence-electron chi connectivity index (χ0n) is 9.34. The summed E-state index contributed by atoms with van der Waals surface area (Å²) in [6.07, 6.45) is 0. The number of benzene rings is 1. The Morgan fingerprint density at radius 1 is 1.41 bits per heavy atom. The number of hydrogen-bond acceptors (Lipinski definition) is 4. The predicted octanol–water partition coefficient (Wildman–Crippen LogP) is 0.185. The maximum Gasteiger partial charge on any atom is 0.335 e. The van der Waals surface area contributed by atoms with Gasteiger partial charge in [-0.3, -0.25) is 4.72 Å². The Hall–Kier alpha value is -1.80. The van der Waals surface area contributed by atoms with Gasteiger partial charge in [0, 0.05) is 14.1 Å². The monoisotopic (exact) mass is 259 g/mol. The minimum absolute atomic E-state index is 0.00435. The summed E-state index contributed by atoms with van der Waals surface area (Å²) >= 11 is 0. The topological polar surface area (TPSA) is 113 Å². The van der Waals surface area contributed by atoms with Gasteiger partial charge in [-0.25, -0.2) is 4.79 Å². The number of carbonyl (C=O) groups is 1. The van der Waals surface area contributed by atoms with Gasteiger partial charge in [0.15, 0.2) is 0 Å². The summed E-state index contributed by atoms with van der Waals surface area (Å²) in [5, 5.41) is 8.72. The fraction of sp³-hybridized carbons (Fsp3) is 0.222. The molecule has 0 aliphatic heterocycles. The predicted molar refractivity (Wildman–Crippen MR) is 64.0 cm³/mol. The lowest BCUT2D eigenvalue weighted by molar-refractivity contribution is 0.0697. The smallest absolute Gasteiger partial charge is 0.335 e. The Bertz CT molecular complexity index is 539. The molecule has 1 aromatic carbocycles. The molecule has 1 rings (SSSR count). The van der Waals surface area contributed by atoms with Gasteiger partial charge in [-0.05, 0) is 18.2 Å². The van der Waals surface area contributed by atoms with Gasteiger partial charge in [0.05, 0.1) is 16.9 Å². The van der Waals surface area contributed by atoms with Crippen molar-refractivity contribution in [2.75, 3.05) is 24.6 Å². The summed E-state index contributed by atoms with van der Waals surface area (Å²) < 4.78 is 26.2. The van der Waals surface area contributed by atoms with E-state index in [1.54, 1.807) is 0 Å². The highest BCUT2D eigenvalue weighted by molar-refractivity contribution is 7.90. The van der Waals surface area contributed by atoms with Crippen LogP contribution in [-0.4, -0.2) is 37.9 Å². The molecule has 0 unspecified atom stereocenters. The third-order valence-electron chi connectivity index (χ3n) is 2.02. The Kier molecular flexibility index (Phi) is 3.59. The highest BCUT2D eigenvalue weighted by Crippen LogP contribution is 2.21. The van der Waals surface area contributed by atoms with Crippen LogP contribution in [0, 0.1) is 0 Å². The standard InChI is InChI=1S/C9H13N3O4S/c1-12(2)17(15,16)11-8-4-3-6(9(13)14)5-7(8)10/h3-5,11H,10H2,1-2H3,(H,13,14). The quantitative estimate of drug-likeness (QED) is 0.668. The van der Waals surface area contributed by atoms with Crippen LogP contribution in [0.15, 0.2) is 18.2 Å². The SMILES string of the molecule is CN(C)S(=O)(=O)Nc1ccc(C(=O)O)cc1N. The number of carboxylic acids is 1. The molecule has 0 spiro atoms. The molecule has 0 fully saturated rings. The van der Waals surface area contributed by atoms with E-state index in [2.05, 4.69) is 4.72 Å². The first-order chi connectivity index (χ1) is 7.74. The maximum absolute atomic E-state index is 11.5. The Morgan fingerprint density at radius 3 is 2.41 bits per heavy atom. The number of anilines is 2. The van der Waals surface area contributed by atoms with E-state index in [-0.39, 0.29) is 16.9 Å². The van der Waals surface area contributed by atoms with Crippen LogP contribution in [0.5, 0.6) is 0 Å². The van der Waals surface area contributed by atoms with Crippen LogP contribution < -0.4 is 10.5 Å². The average Bonchev–Trinajstić information content (AvgIpc) is 2.20. The first-order valence-corrected chi connectivity index (χ1v) is 6.01. The van der Waals surface area contributed by atoms with Gasteiger partial charge >= 0.3 is 16.2 Å². The molecule has 0 atom stereocenters. The summed E-state index contributed by atoms with van der Waals surface area (Å²) in [6, 6.07) is 3.77. The van der Waals surface area contributed by atoms with Crippen molar-refractivity contribution in [2.45, 2.75) is 0 Å². The van der Waals surface area contributed by atoms with Crippen molar-refractivity contribution in [2.24, 2.45) is 0 Å². The molecule has 17 heavy (non-hydrogen) atoms. The molecule has 0 amide bonds. The third kappa shape index (κ3) is 3.08. The van der Waals surface area contributed by atoms with E-state index in [0.717, 1.165) is 4.31 Å². The van der Waals surface area contributed by atoms with Crippen LogP contribution in [0.3, 0.4) is 0 Å². The van der Waals surface area contributed by atoms with E-state index >= 15 is 0 Å².